The molecule has 1 amide bonds. The van der Waals surface area contributed by atoms with Crippen LogP contribution in [0.2, 0.25) is 0 Å². The Balaban J connectivity index is 1.80. The van der Waals surface area contributed by atoms with Crippen molar-refractivity contribution in [2.45, 2.75) is 26.4 Å². The highest BCUT2D eigenvalue weighted by Crippen LogP contribution is 2.44. The van der Waals surface area contributed by atoms with Gasteiger partial charge in [0.2, 0.25) is 0 Å². The van der Waals surface area contributed by atoms with E-state index < -0.39 is 23.5 Å². The first kappa shape index (κ1) is 26.6. The fourth-order valence-corrected chi connectivity index (χ4v) is 4.42. The molecule has 1 unspecified atom stereocenters. The summed E-state index contributed by atoms with van der Waals surface area (Å²) in [6.45, 7) is 4.82. The van der Waals surface area contributed by atoms with Gasteiger partial charge in [-0.15, -0.1) is 0 Å². The second-order valence-corrected chi connectivity index (χ2v) is 9.40. The Labute approximate surface area is 221 Å². The zero-order valence-corrected chi connectivity index (χ0v) is 21.8. The number of rotatable bonds is 9. The third-order valence-corrected chi connectivity index (χ3v) is 6.27. The van der Waals surface area contributed by atoms with Crippen LogP contribution in [-0.2, 0) is 16.1 Å². The fourth-order valence-electron chi connectivity index (χ4n) is 4.42. The molecule has 1 aliphatic heterocycles. The molecule has 0 saturated carbocycles. The quantitative estimate of drug-likeness (QED) is 0.232. The van der Waals surface area contributed by atoms with Crippen LogP contribution in [0, 0.1) is 5.92 Å². The summed E-state index contributed by atoms with van der Waals surface area (Å²) in [4.78, 5) is 28.2. The van der Waals surface area contributed by atoms with Gasteiger partial charge in [0.1, 0.15) is 34.3 Å². The molecular weight excluding hydrogens is 486 g/mol. The standard InChI is InChI=1S/C30H31NO7/c1-18(2)17-38-22-14-8-19(9-15-22)16-31-27(20-10-12-21(32)13-11-20)26(29(34)30(31)35)28(33)25-23(36-3)6-5-7-24(25)37-4/h5-15,18,27,32-33H,16-17H2,1-4H3/b28-26+. The van der Waals surface area contributed by atoms with E-state index in [-0.39, 0.29) is 34.9 Å². The molecule has 1 fully saturated rings. The van der Waals surface area contributed by atoms with Gasteiger partial charge < -0.3 is 29.3 Å². The van der Waals surface area contributed by atoms with Crippen molar-refractivity contribution in [2.75, 3.05) is 20.8 Å². The number of carbonyl (C=O) groups excluding carboxylic acids is 2. The molecular formula is C30H31NO7. The number of methoxy groups -OCH3 is 2. The summed E-state index contributed by atoms with van der Waals surface area (Å²) in [6, 6.07) is 17.5. The molecule has 0 radical (unpaired) electrons. The van der Waals surface area contributed by atoms with Gasteiger partial charge >= 0.3 is 0 Å². The molecule has 1 saturated heterocycles. The van der Waals surface area contributed by atoms with Crippen LogP contribution in [-0.4, -0.2) is 47.6 Å². The average Bonchev–Trinajstić information content (AvgIpc) is 3.17. The number of aromatic hydroxyl groups is 1. The summed E-state index contributed by atoms with van der Waals surface area (Å²) in [7, 11) is 2.88. The van der Waals surface area contributed by atoms with E-state index in [2.05, 4.69) is 13.8 Å². The zero-order valence-electron chi connectivity index (χ0n) is 21.8. The smallest absolute Gasteiger partial charge is 0.295 e. The number of phenolic OH excluding ortho intramolecular Hbond substituents is 1. The van der Waals surface area contributed by atoms with Crippen LogP contribution >= 0.6 is 0 Å². The Hall–Kier alpha value is -4.46. The Bertz CT molecular complexity index is 1320. The van der Waals surface area contributed by atoms with Gasteiger partial charge in [-0.05, 0) is 53.4 Å². The second-order valence-electron chi connectivity index (χ2n) is 9.40. The number of ether oxygens (including phenoxy) is 3. The first-order chi connectivity index (χ1) is 18.2. The van der Waals surface area contributed by atoms with Crippen molar-refractivity contribution in [2.24, 2.45) is 5.92 Å². The number of ketones is 1. The van der Waals surface area contributed by atoms with Crippen LogP contribution in [0.5, 0.6) is 23.0 Å². The maximum absolute atomic E-state index is 13.4. The molecule has 0 aliphatic carbocycles. The number of aliphatic hydroxyl groups is 1. The minimum Gasteiger partial charge on any atom is -0.508 e. The Morgan fingerprint density at radius 1 is 0.921 bits per heavy atom. The molecule has 0 aromatic heterocycles. The largest absolute Gasteiger partial charge is 0.508 e. The highest BCUT2D eigenvalue weighted by molar-refractivity contribution is 6.46. The van der Waals surface area contributed by atoms with Crippen molar-refractivity contribution in [3.63, 3.8) is 0 Å². The molecule has 0 bridgehead atoms. The number of phenols is 1. The summed E-state index contributed by atoms with van der Waals surface area (Å²) < 4.78 is 16.6. The van der Waals surface area contributed by atoms with E-state index in [0.717, 1.165) is 5.56 Å². The monoisotopic (exact) mass is 517 g/mol. The van der Waals surface area contributed by atoms with Gasteiger partial charge in [-0.3, -0.25) is 9.59 Å². The molecule has 2 N–H and O–H groups in total. The van der Waals surface area contributed by atoms with Gasteiger partial charge in [0.15, 0.2) is 0 Å². The van der Waals surface area contributed by atoms with E-state index in [1.165, 1.54) is 31.3 Å². The van der Waals surface area contributed by atoms with Crippen molar-refractivity contribution in [3.05, 3.63) is 89.0 Å². The van der Waals surface area contributed by atoms with E-state index in [9.17, 15) is 19.8 Å². The normalized spacial score (nSPS) is 16.7. The highest BCUT2D eigenvalue weighted by Gasteiger charge is 2.46. The number of hydrogen-bond acceptors (Lipinski definition) is 7. The number of aliphatic hydroxyl groups excluding tert-OH is 1. The van der Waals surface area contributed by atoms with Crippen LogP contribution < -0.4 is 14.2 Å². The van der Waals surface area contributed by atoms with E-state index >= 15 is 0 Å². The number of benzene rings is 3. The molecule has 1 aliphatic rings. The molecule has 3 aromatic rings. The predicted molar refractivity (Wildman–Crippen MR) is 142 cm³/mol. The summed E-state index contributed by atoms with van der Waals surface area (Å²) in [5.41, 5.74) is 1.41. The van der Waals surface area contributed by atoms with Gasteiger partial charge in [-0.25, -0.2) is 0 Å². The molecule has 198 valence electrons. The lowest BCUT2D eigenvalue weighted by Gasteiger charge is -2.26. The number of hydrogen-bond donors (Lipinski definition) is 2. The van der Waals surface area contributed by atoms with Gasteiger partial charge in [-0.2, -0.15) is 0 Å². The lowest BCUT2D eigenvalue weighted by atomic mass is 9.94. The van der Waals surface area contributed by atoms with Crippen LogP contribution in [0.4, 0.5) is 0 Å². The first-order valence-corrected chi connectivity index (χ1v) is 12.3. The van der Waals surface area contributed by atoms with Crippen LogP contribution in [0.25, 0.3) is 5.76 Å². The molecule has 4 rings (SSSR count). The summed E-state index contributed by atoms with van der Waals surface area (Å²) >= 11 is 0. The summed E-state index contributed by atoms with van der Waals surface area (Å²) in [5.74, 6) is -0.283. The average molecular weight is 518 g/mol. The number of Topliss-reactive ketones (excluding diaryl/α,β-unsaturated/α-hetero) is 1. The second kappa shape index (κ2) is 11.3. The number of nitrogens with zero attached hydrogens (tertiary/aromatic N) is 1. The summed E-state index contributed by atoms with van der Waals surface area (Å²) in [5, 5.41) is 21.3. The maximum atomic E-state index is 13.4. The van der Waals surface area contributed by atoms with Crippen molar-refractivity contribution in [1.29, 1.82) is 0 Å². The van der Waals surface area contributed by atoms with Gasteiger partial charge in [0.25, 0.3) is 11.7 Å². The van der Waals surface area contributed by atoms with Crippen molar-refractivity contribution in [1.82, 2.24) is 4.90 Å². The lowest BCUT2D eigenvalue weighted by Crippen LogP contribution is -2.29. The third-order valence-electron chi connectivity index (χ3n) is 6.27. The van der Waals surface area contributed by atoms with Crippen LogP contribution in [0.15, 0.2) is 72.3 Å². The van der Waals surface area contributed by atoms with Crippen molar-refractivity contribution < 1.29 is 34.0 Å². The maximum Gasteiger partial charge on any atom is 0.295 e. The molecule has 3 aromatic carbocycles. The molecule has 1 heterocycles. The first-order valence-electron chi connectivity index (χ1n) is 12.3. The zero-order chi connectivity index (χ0) is 27.4. The number of likely N-dealkylation sites (tertiary alicyclic amines) is 1. The minimum atomic E-state index is -0.915. The van der Waals surface area contributed by atoms with E-state index in [4.69, 9.17) is 14.2 Å². The number of carbonyl (C=O) groups is 2. The third kappa shape index (κ3) is 5.29. The minimum absolute atomic E-state index is 0.0362. The van der Waals surface area contributed by atoms with Gasteiger partial charge in [0.05, 0.1) is 32.4 Å². The SMILES string of the molecule is COc1cccc(OC)c1/C(O)=C1\C(=O)C(=O)N(Cc2ccc(OCC(C)C)cc2)C1c1ccc(O)cc1. The fraction of sp³-hybridized carbons (Fsp3) is 0.267. The molecule has 8 nitrogen and oxygen atoms in total. The number of amides is 1. The topological polar surface area (TPSA) is 106 Å². The van der Waals surface area contributed by atoms with E-state index in [1.807, 2.05) is 24.3 Å². The van der Waals surface area contributed by atoms with Gasteiger partial charge in [0, 0.05) is 6.54 Å². The van der Waals surface area contributed by atoms with Crippen LogP contribution in [0.1, 0.15) is 36.6 Å². The lowest BCUT2D eigenvalue weighted by molar-refractivity contribution is -0.140. The Kier molecular flexibility index (Phi) is 7.90. The van der Waals surface area contributed by atoms with E-state index in [0.29, 0.717) is 23.8 Å². The Morgan fingerprint density at radius 3 is 2.08 bits per heavy atom. The van der Waals surface area contributed by atoms with Gasteiger partial charge in [-0.1, -0.05) is 44.2 Å². The van der Waals surface area contributed by atoms with Crippen LogP contribution in [0.3, 0.4) is 0 Å². The van der Waals surface area contributed by atoms with E-state index in [1.54, 1.807) is 30.3 Å². The Morgan fingerprint density at radius 2 is 1.53 bits per heavy atom. The molecule has 1 atom stereocenters. The summed E-state index contributed by atoms with van der Waals surface area (Å²) in [6.07, 6.45) is 0. The van der Waals surface area contributed by atoms with Crippen molar-refractivity contribution >= 4 is 17.4 Å². The van der Waals surface area contributed by atoms with Crippen molar-refractivity contribution in [3.8, 4) is 23.0 Å². The highest BCUT2D eigenvalue weighted by atomic mass is 16.5. The molecule has 0 spiro atoms. The molecule has 8 heteroatoms. The predicted octanol–water partition coefficient (Wildman–Crippen LogP) is 5.07. The molecule has 38 heavy (non-hydrogen) atoms.